The molecule has 1 saturated heterocycles. The van der Waals surface area contributed by atoms with Crippen molar-refractivity contribution in [2.24, 2.45) is 0 Å². The average Bonchev–Trinajstić information content (AvgIpc) is 2.85. The number of hydrogen-bond donors (Lipinski definition) is 2. The third kappa shape index (κ3) is 5.04. The zero-order valence-electron chi connectivity index (χ0n) is 13.4. The van der Waals surface area contributed by atoms with Crippen LogP contribution in [0.4, 0.5) is 0 Å². The van der Waals surface area contributed by atoms with E-state index in [9.17, 15) is 14.4 Å². The number of para-hydroxylation sites is 1. The number of thiocarbonyl (C=S) groups is 1. The first kappa shape index (κ1) is 18.9. The zero-order valence-corrected chi connectivity index (χ0v) is 15.0. The standard InChI is InChI=1S/C16H16N2O5S2/c1-23-11-5-3-2-4-10(11)8-12-15(22)18(16(24)25-12)7-6-13(19)17-9-14(20)21/h2-5,8H,6-7,9H2,1H3,(H,17,19)(H,20,21)/b12-8-. The number of carbonyl (C=O) groups is 3. The Bertz CT molecular complexity index is 748. The second-order valence-electron chi connectivity index (χ2n) is 5.00. The Morgan fingerprint density at radius 1 is 1.40 bits per heavy atom. The molecule has 1 aliphatic heterocycles. The summed E-state index contributed by atoms with van der Waals surface area (Å²) in [6, 6.07) is 7.28. The SMILES string of the molecule is COc1ccccc1/C=C1\SC(=S)N(CCC(=O)NCC(=O)O)C1=O. The van der Waals surface area contributed by atoms with Gasteiger partial charge in [-0.2, -0.15) is 0 Å². The highest BCUT2D eigenvalue weighted by molar-refractivity contribution is 8.26. The monoisotopic (exact) mass is 380 g/mol. The van der Waals surface area contributed by atoms with Gasteiger partial charge in [0.1, 0.15) is 16.6 Å². The molecule has 2 N–H and O–H groups in total. The quantitative estimate of drug-likeness (QED) is 0.546. The van der Waals surface area contributed by atoms with Gasteiger partial charge in [0.2, 0.25) is 5.91 Å². The van der Waals surface area contributed by atoms with Gasteiger partial charge in [-0.25, -0.2) is 0 Å². The Labute approximate surface area is 154 Å². The minimum atomic E-state index is -1.13. The number of benzene rings is 1. The molecule has 0 atom stereocenters. The molecule has 0 aromatic heterocycles. The molecule has 1 aliphatic rings. The molecule has 0 radical (unpaired) electrons. The lowest BCUT2D eigenvalue weighted by Crippen LogP contribution is -2.35. The largest absolute Gasteiger partial charge is 0.496 e. The summed E-state index contributed by atoms with van der Waals surface area (Å²) in [5.41, 5.74) is 0.754. The van der Waals surface area contributed by atoms with Gasteiger partial charge in [-0.15, -0.1) is 0 Å². The molecule has 2 amide bonds. The summed E-state index contributed by atoms with van der Waals surface area (Å²) in [4.78, 5) is 36.3. The first-order valence-electron chi connectivity index (χ1n) is 7.29. The molecule has 1 aromatic carbocycles. The Morgan fingerprint density at radius 3 is 2.80 bits per heavy atom. The highest BCUT2D eigenvalue weighted by atomic mass is 32.2. The van der Waals surface area contributed by atoms with E-state index in [-0.39, 0.29) is 18.9 Å². The van der Waals surface area contributed by atoms with E-state index in [0.29, 0.717) is 15.0 Å². The van der Waals surface area contributed by atoms with Crippen molar-refractivity contribution >= 4 is 52.2 Å². The predicted octanol–water partition coefficient (Wildman–Crippen LogP) is 1.49. The van der Waals surface area contributed by atoms with E-state index < -0.39 is 18.4 Å². The van der Waals surface area contributed by atoms with E-state index in [0.717, 1.165) is 17.3 Å². The number of methoxy groups -OCH3 is 1. The molecular weight excluding hydrogens is 364 g/mol. The van der Waals surface area contributed by atoms with Crippen LogP contribution in [0.5, 0.6) is 5.75 Å². The summed E-state index contributed by atoms with van der Waals surface area (Å²) in [5.74, 6) is -1.23. The van der Waals surface area contributed by atoms with E-state index in [1.54, 1.807) is 19.3 Å². The van der Waals surface area contributed by atoms with E-state index in [4.69, 9.17) is 22.1 Å². The van der Waals surface area contributed by atoms with Crippen LogP contribution in [-0.4, -0.2) is 52.3 Å². The van der Waals surface area contributed by atoms with E-state index in [1.165, 1.54) is 4.90 Å². The summed E-state index contributed by atoms with van der Waals surface area (Å²) in [7, 11) is 1.55. The smallest absolute Gasteiger partial charge is 0.322 e. The maximum atomic E-state index is 12.5. The minimum absolute atomic E-state index is 0.0261. The fourth-order valence-electron chi connectivity index (χ4n) is 2.10. The van der Waals surface area contributed by atoms with Crippen LogP contribution >= 0.6 is 24.0 Å². The number of nitrogens with zero attached hydrogens (tertiary/aromatic N) is 1. The van der Waals surface area contributed by atoms with Crippen LogP contribution in [0.3, 0.4) is 0 Å². The Hall–Kier alpha value is -2.39. The van der Waals surface area contributed by atoms with Gasteiger partial charge >= 0.3 is 5.97 Å². The second-order valence-corrected chi connectivity index (χ2v) is 6.67. The highest BCUT2D eigenvalue weighted by Crippen LogP contribution is 2.34. The third-order valence-corrected chi connectivity index (χ3v) is 4.68. The maximum Gasteiger partial charge on any atom is 0.322 e. The molecule has 0 unspecified atom stereocenters. The van der Waals surface area contributed by atoms with Crippen LogP contribution in [0, 0.1) is 0 Å². The van der Waals surface area contributed by atoms with Gasteiger partial charge in [-0.1, -0.05) is 42.2 Å². The molecule has 0 bridgehead atoms. The molecule has 1 aromatic rings. The van der Waals surface area contributed by atoms with Gasteiger partial charge in [0, 0.05) is 18.5 Å². The number of thioether (sulfide) groups is 1. The Morgan fingerprint density at radius 2 is 2.12 bits per heavy atom. The van der Waals surface area contributed by atoms with Gasteiger partial charge < -0.3 is 15.2 Å². The molecule has 9 heteroatoms. The van der Waals surface area contributed by atoms with Gasteiger partial charge in [0.25, 0.3) is 5.91 Å². The maximum absolute atomic E-state index is 12.5. The summed E-state index contributed by atoms with van der Waals surface area (Å²) >= 11 is 6.35. The van der Waals surface area contributed by atoms with Gasteiger partial charge in [-0.3, -0.25) is 19.3 Å². The van der Waals surface area contributed by atoms with Crippen LogP contribution in [0.1, 0.15) is 12.0 Å². The van der Waals surface area contributed by atoms with Gasteiger partial charge in [0.15, 0.2) is 0 Å². The third-order valence-electron chi connectivity index (χ3n) is 3.30. The number of aliphatic carboxylic acids is 1. The predicted molar refractivity (Wildman–Crippen MR) is 98.1 cm³/mol. The summed E-state index contributed by atoms with van der Waals surface area (Å²) < 4.78 is 5.62. The Kier molecular flexibility index (Phi) is 6.54. The van der Waals surface area contributed by atoms with Crippen molar-refractivity contribution in [2.75, 3.05) is 20.2 Å². The van der Waals surface area contributed by atoms with Crippen molar-refractivity contribution in [2.45, 2.75) is 6.42 Å². The van der Waals surface area contributed by atoms with Crippen LogP contribution in [-0.2, 0) is 14.4 Å². The van der Waals surface area contributed by atoms with E-state index in [2.05, 4.69) is 5.32 Å². The van der Waals surface area contributed by atoms with Crippen LogP contribution < -0.4 is 10.1 Å². The van der Waals surface area contributed by atoms with E-state index in [1.807, 2.05) is 18.2 Å². The van der Waals surface area contributed by atoms with Crippen molar-refractivity contribution < 1.29 is 24.2 Å². The molecule has 25 heavy (non-hydrogen) atoms. The van der Waals surface area contributed by atoms with Crippen molar-refractivity contribution in [3.8, 4) is 5.75 Å². The number of amides is 2. The topological polar surface area (TPSA) is 95.9 Å². The molecule has 132 valence electrons. The van der Waals surface area contributed by atoms with Crippen molar-refractivity contribution in [1.29, 1.82) is 0 Å². The molecule has 1 fully saturated rings. The van der Waals surface area contributed by atoms with Crippen molar-refractivity contribution in [3.05, 3.63) is 34.7 Å². The van der Waals surface area contributed by atoms with E-state index >= 15 is 0 Å². The second kappa shape index (κ2) is 8.63. The molecular formula is C16H16N2O5S2. The number of carboxylic acid groups (broad SMARTS) is 1. The number of carbonyl (C=O) groups excluding carboxylic acids is 2. The summed E-state index contributed by atoms with van der Waals surface area (Å²) in [5, 5.41) is 10.8. The average molecular weight is 380 g/mol. The zero-order chi connectivity index (χ0) is 18.4. The molecule has 0 saturated carbocycles. The molecule has 0 spiro atoms. The van der Waals surface area contributed by atoms with Crippen LogP contribution in [0.2, 0.25) is 0 Å². The minimum Gasteiger partial charge on any atom is -0.496 e. The number of hydrogen-bond acceptors (Lipinski definition) is 6. The Balaban J connectivity index is 2.03. The van der Waals surface area contributed by atoms with Gasteiger partial charge in [0.05, 0.1) is 12.0 Å². The highest BCUT2D eigenvalue weighted by Gasteiger charge is 2.32. The fraction of sp³-hybridized carbons (Fsp3) is 0.250. The lowest BCUT2D eigenvalue weighted by molar-refractivity contribution is -0.138. The van der Waals surface area contributed by atoms with Crippen molar-refractivity contribution in [1.82, 2.24) is 10.2 Å². The number of carboxylic acids is 1. The molecule has 2 rings (SSSR count). The van der Waals surface area contributed by atoms with Crippen LogP contribution in [0.25, 0.3) is 6.08 Å². The normalized spacial score (nSPS) is 15.6. The summed E-state index contributed by atoms with van der Waals surface area (Å²) in [6.07, 6.45) is 1.67. The summed E-state index contributed by atoms with van der Waals surface area (Å²) in [6.45, 7) is -0.357. The lowest BCUT2D eigenvalue weighted by atomic mass is 10.2. The number of nitrogens with one attached hydrogen (secondary N) is 1. The molecule has 1 heterocycles. The lowest BCUT2D eigenvalue weighted by Gasteiger charge is -2.13. The first-order valence-corrected chi connectivity index (χ1v) is 8.51. The van der Waals surface area contributed by atoms with Crippen molar-refractivity contribution in [3.63, 3.8) is 0 Å². The van der Waals surface area contributed by atoms with Crippen LogP contribution in [0.15, 0.2) is 29.2 Å². The molecule has 0 aliphatic carbocycles. The van der Waals surface area contributed by atoms with Gasteiger partial charge in [-0.05, 0) is 12.1 Å². The molecule has 7 nitrogen and oxygen atoms in total. The number of ether oxygens (including phenoxy) is 1. The fourth-order valence-corrected chi connectivity index (χ4v) is 3.40. The first-order chi connectivity index (χ1) is 11.9. The number of rotatable bonds is 7.